The van der Waals surface area contributed by atoms with Crippen LogP contribution in [-0.2, 0) is 0 Å². The van der Waals surface area contributed by atoms with Crippen LogP contribution in [0.25, 0.3) is 22.0 Å². The molecule has 0 radical (unpaired) electrons. The van der Waals surface area contributed by atoms with Gasteiger partial charge in [-0.05, 0) is 35.4 Å². The summed E-state index contributed by atoms with van der Waals surface area (Å²) in [6.45, 7) is 0. The molecule has 0 aliphatic rings. The number of aromatic nitrogens is 1. The number of rotatable bonds is 3. The number of hydrogen-bond acceptors (Lipinski definition) is 3. The summed E-state index contributed by atoms with van der Waals surface area (Å²) < 4.78 is 0. The Bertz CT molecular complexity index is 1050. The summed E-state index contributed by atoms with van der Waals surface area (Å²) in [5, 5.41) is 14.4. The minimum atomic E-state index is 0.0522. The second-order valence-corrected chi connectivity index (χ2v) is 6.15. The van der Waals surface area contributed by atoms with Crippen LogP contribution in [-0.4, -0.2) is 10.1 Å². The largest absolute Gasteiger partial charge is 0.506 e. The zero-order valence-corrected chi connectivity index (χ0v) is 14.0. The van der Waals surface area contributed by atoms with E-state index in [-0.39, 0.29) is 5.75 Å². The van der Waals surface area contributed by atoms with Gasteiger partial charge in [0.1, 0.15) is 5.75 Å². The monoisotopic (exact) mass is 346 g/mol. The Morgan fingerprint density at radius 3 is 2.48 bits per heavy atom. The molecule has 0 bridgehead atoms. The lowest BCUT2D eigenvalue weighted by Gasteiger charge is -2.11. The summed E-state index contributed by atoms with van der Waals surface area (Å²) in [6, 6.07) is 23.5. The van der Waals surface area contributed by atoms with Crippen molar-refractivity contribution in [3.63, 3.8) is 0 Å². The number of fused-ring (bicyclic) bond motifs is 1. The maximum atomic E-state index is 9.77. The Kier molecular flexibility index (Phi) is 4.00. The second-order valence-electron chi connectivity index (χ2n) is 5.75. The van der Waals surface area contributed by atoms with Gasteiger partial charge in [0.2, 0.25) is 0 Å². The van der Waals surface area contributed by atoms with Crippen LogP contribution in [0.3, 0.4) is 0 Å². The lowest BCUT2D eigenvalue weighted by Crippen LogP contribution is -1.93. The van der Waals surface area contributed by atoms with Crippen molar-refractivity contribution in [1.82, 2.24) is 4.98 Å². The van der Waals surface area contributed by atoms with E-state index in [0.717, 1.165) is 33.4 Å². The SMILES string of the molecule is Oc1cc(Nc2ccnc3cc(-c4ccccc4)ccc23)ccc1Cl. The van der Waals surface area contributed by atoms with Gasteiger partial charge in [0, 0.05) is 29.0 Å². The van der Waals surface area contributed by atoms with Crippen LogP contribution in [0.5, 0.6) is 5.75 Å². The third-order valence-corrected chi connectivity index (χ3v) is 4.39. The Morgan fingerprint density at radius 2 is 1.68 bits per heavy atom. The summed E-state index contributed by atoms with van der Waals surface area (Å²) in [5.41, 5.74) is 4.88. The number of hydrogen-bond donors (Lipinski definition) is 2. The normalized spacial score (nSPS) is 10.8. The molecule has 0 fully saturated rings. The quantitative estimate of drug-likeness (QED) is 0.478. The van der Waals surface area contributed by atoms with E-state index in [4.69, 9.17) is 11.6 Å². The molecular weight excluding hydrogens is 332 g/mol. The zero-order chi connectivity index (χ0) is 17.2. The number of nitrogens with one attached hydrogen (secondary N) is 1. The van der Waals surface area contributed by atoms with Crippen LogP contribution in [0.15, 0.2) is 79.0 Å². The molecule has 4 rings (SSSR count). The number of phenolic OH excluding ortho intramolecular Hbond substituents is 1. The van der Waals surface area contributed by atoms with Crippen LogP contribution in [0.2, 0.25) is 5.02 Å². The first-order valence-electron chi connectivity index (χ1n) is 7.90. The second kappa shape index (κ2) is 6.46. The first-order chi connectivity index (χ1) is 12.2. The van der Waals surface area contributed by atoms with Crippen molar-refractivity contribution in [2.24, 2.45) is 0 Å². The first kappa shape index (κ1) is 15.5. The number of nitrogens with zero attached hydrogens (tertiary/aromatic N) is 1. The zero-order valence-electron chi connectivity index (χ0n) is 13.3. The summed E-state index contributed by atoms with van der Waals surface area (Å²) in [5.74, 6) is 0.0522. The van der Waals surface area contributed by atoms with Crippen molar-refractivity contribution in [2.45, 2.75) is 0 Å². The maximum absolute atomic E-state index is 9.77. The van der Waals surface area contributed by atoms with Crippen LogP contribution >= 0.6 is 11.6 Å². The third-order valence-electron chi connectivity index (χ3n) is 4.07. The van der Waals surface area contributed by atoms with E-state index in [9.17, 15) is 5.11 Å². The minimum absolute atomic E-state index is 0.0522. The average Bonchev–Trinajstić information content (AvgIpc) is 2.65. The molecular formula is C21H15ClN2O. The van der Waals surface area contributed by atoms with Gasteiger partial charge in [-0.2, -0.15) is 0 Å². The number of phenols is 1. The Balaban J connectivity index is 1.74. The predicted octanol–water partition coefficient (Wildman–Crippen LogP) is 6.00. The van der Waals surface area contributed by atoms with E-state index in [1.54, 1.807) is 18.3 Å². The summed E-state index contributed by atoms with van der Waals surface area (Å²) >= 11 is 5.87. The van der Waals surface area contributed by atoms with E-state index in [1.165, 1.54) is 0 Å². The molecule has 0 spiro atoms. The van der Waals surface area contributed by atoms with Gasteiger partial charge in [-0.3, -0.25) is 4.98 Å². The molecule has 3 nitrogen and oxygen atoms in total. The van der Waals surface area contributed by atoms with E-state index < -0.39 is 0 Å². The topological polar surface area (TPSA) is 45.1 Å². The van der Waals surface area contributed by atoms with Crippen molar-refractivity contribution < 1.29 is 5.11 Å². The standard InChI is InChI=1S/C21H15ClN2O/c22-18-9-7-16(13-21(18)25)24-19-10-11-23-20-12-15(6-8-17(19)20)14-4-2-1-3-5-14/h1-13,25H,(H,23,24). The van der Waals surface area contributed by atoms with Gasteiger partial charge in [0.05, 0.1) is 10.5 Å². The third kappa shape index (κ3) is 3.14. The lowest BCUT2D eigenvalue weighted by atomic mass is 10.0. The van der Waals surface area contributed by atoms with Crippen molar-refractivity contribution >= 4 is 33.9 Å². The summed E-state index contributed by atoms with van der Waals surface area (Å²) in [6.07, 6.45) is 1.77. The minimum Gasteiger partial charge on any atom is -0.506 e. The molecule has 4 aromatic rings. The fraction of sp³-hybridized carbons (Fsp3) is 0. The number of aromatic hydroxyl groups is 1. The molecule has 0 aliphatic carbocycles. The number of anilines is 2. The average molecular weight is 347 g/mol. The molecule has 4 heteroatoms. The maximum Gasteiger partial charge on any atom is 0.136 e. The van der Waals surface area contributed by atoms with Gasteiger partial charge in [-0.15, -0.1) is 0 Å². The fourth-order valence-electron chi connectivity index (χ4n) is 2.81. The smallest absolute Gasteiger partial charge is 0.136 e. The van der Waals surface area contributed by atoms with Gasteiger partial charge in [0.15, 0.2) is 0 Å². The molecule has 3 aromatic carbocycles. The Hall–Kier alpha value is -3.04. The van der Waals surface area contributed by atoms with Crippen molar-refractivity contribution in [2.75, 3.05) is 5.32 Å². The highest BCUT2D eigenvalue weighted by Crippen LogP contribution is 2.31. The lowest BCUT2D eigenvalue weighted by molar-refractivity contribution is 0.476. The van der Waals surface area contributed by atoms with Gasteiger partial charge < -0.3 is 10.4 Å². The molecule has 1 aromatic heterocycles. The molecule has 0 unspecified atom stereocenters. The molecule has 0 saturated carbocycles. The van der Waals surface area contributed by atoms with Crippen LogP contribution < -0.4 is 5.32 Å². The van der Waals surface area contributed by atoms with Crippen molar-refractivity contribution in [3.05, 3.63) is 84.0 Å². The summed E-state index contributed by atoms with van der Waals surface area (Å²) in [4.78, 5) is 4.49. The molecule has 25 heavy (non-hydrogen) atoms. The molecule has 0 aliphatic heterocycles. The van der Waals surface area contributed by atoms with E-state index >= 15 is 0 Å². The molecule has 1 heterocycles. The van der Waals surface area contributed by atoms with E-state index in [2.05, 4.69) is 40.6 Å². The van der Waals surface area contributed by atoms with E-state index in [1.807, 2.05) is 30.3 Å². The Morgan fingerprint density at radius 1 is 0.840 bits per heavy atom. The number of benzene rings is 3. The van der Waals surface area contributed by atoms with Gasteiger partial charge >= 0.3 is 0 Å². The van der Waals surface area contributed by atoms with Crippen molar-refractivity contribution in [3.8, 4) is 16.9 Å². The van der Waals surface area contributed by atoms with Crippen molar-refractivity contribution in [1.29, 1.82) is 0 Å². The summed E-state index contributed by atoms with van der Waals surface area (Å²) in [7, 11) is 0. The fourth-order valence-corrected chi connectivity index (χ4v) is 2.93. The highest BCUT2D eigenvalue weighted by Gasteiger charge is 2.06. The molecule has 2 N–H and O–H groups in total. The van der Waals surface area contributed by atoms with E-state index in [0.29, 0.717) is 5.02 Å². The van der Waals surface area contributed by atoms with Gasteiger partial charge in [-0.1, -0.05) is 54.1 Å². The first-order valence-corrected chi connectivity index (χ1v) is 8.28. The van der Waals surface area contributed by atoms with Crippen LogP contribution in [0.1, 0.15) is 0 Å². The molecule has 0 atom stereocenters. The van der Waals surface area contributed by atoms with Crippen LogP contribution in [0, 0.1) is 0 Å². The highest BCUT2D eigenvalue weighted by molar-refractivity contribution is 6.32. The molecule has 0 saturated heterocycles. The Labute approximate surface area is 150 Å². The van der Waals surface area contributed by atoms with Gasteiger partial charge in [0.25, 0.3) is 0 Å². The highest BCUT2D eigenvalue weighted by atomic mass is 35.5. The predicted molar refractivity (Wildman–Crippen MR) is 104 cm³/mol. The van der Waals surface area contributed by atoms with Gasteiger partial charge in [-0.25, -0.2) is 0 Å². The van der Waals surface area contributed by atoms with Crippen LogP contribution in [0.4, 0.5) is 11.4 Å². The number of pyridine rings is 1. The molecule has 0 amide bonds. The molecule has 122 valence electrons. The number of halogens is 1.